The Kier molecular flexibility index (Phi) is 9.27. The zero-order chi connectivity index (χ0) is 40.4. The first-order valence-corrected chi connectivity index (χ1v) is 20.1. The fraction of sp³-hybridized carbons (Fsp3) is 0.269. The van der Waals surface area contributed by atoms with Crippen molar-refractivity contribution in [2.45, 2.75) is 92.4 Å². The number of fused-ring (bicyclic) bond motifs is 3. The van der Waals surface area contributed by atoms with E-state index in [4.69, 9.17) is 14.7 Å². The van der Waals surface area contributed by atoms with Crippen LogP contribution >= 0.6 is 0 Å². The van der Waals surface area contributed by atoms with Crippen LogP contribution in [0.4, 0.5) is 0 Å². The molecule has 0 amide bonds. The lowest BCUT2D eigenvalue weighted by molar-refractivity contribution is 0.483. The SMILES string of the molecule is Cc1cc(C(C)(C)C)cc(C)c1-n1ccnc1-c1cccc(Oc2ccc3c4cccc(C(C)(C)C)c4n(-c4cc(-c5ccc(C(C)(C)C)cc5)ccn4)c3c2)c1. The molecule has 3 heterocycles. The monoisotopic (exact) mass is 750 g/mol. The van der Waals surface area contributed by atoms with Gasteiger partial charge < -0.3 is 4.74 Å². The molecule has 0 saturated heterocycles. The Hall–Kier alpha value is -5.94. The minimum absolute atomic E-state index is 0.0726. The molecule has 0 unspecified atom stereocenters. The number of nitrogens with zero attached hydrogens (tertiary/aromatic N) is 4. The number of hydrogen-bond donors (Lipinski definition) is 0. The quantitative estimate of drug-likeness (QED) is 0.170. The fourth-order valence-corrected chi connectivity index (χ4v) is 8.14. The summed E-state index contributed by atoms with van der Waals surface area (Å²) in [7, 11) is 0. The predicted octanol–water partition coefficient (Wildman–Crippen LogP) is 14.0. The van der Waals surface area contributed by atoms with Gasteiger partial charge in [0, 0.05) is 41.0 Å². The van der Waals surface area contributed by atoms with E-state index < -0.39 is 0 Å². The molecule has 0 aliphatic heterocycles. The molecule has 8 rings (SSSR count). The first-order chi connectivity index (χ1) is 27.0. The number of pyridine rings is 1. The summed E-state index contributed by atoms with van der Waals surface area (Å²) in [5.74, 6) is 3.24. The van der Waals surface area contributed by atoms with E-state index in [1.165, 1.54) is 44.3 Å². The molecule has 5 nitrogen and oxygen atoms in total. The van der Waals surface area contributed by atoms with Crippen molar-refractivity contribution in [1.82, 2.24) is 19.1 Å². The smallest absolute Gasteiger partial charge is 0.144 e. The standard InChI is InChI=1S/C52H54N4O/c1-33-28-39(51(6,7)8)29-34(2)47(33)55-27-26-54-49(55)37-14-12-15-40(30-37)57-41-22-23-42-43-16-13-17-44(52(9,10)11)48(43)56(45(42)32-41)46-31-36(24-25-53-46)35-18-20-38(21-19-35)50(3,4)5/h12-32H,1-11H3. The minimum Gasteiger partial charge on any atom is -0.457 e. The van der Waals surface area contributed by atoms with Crippen LogP contribution in [-0.2, 0) is 16.2 Å². The van der Waals surface area contributed by atoms with Crippen molar-refractivity contribution in [3.8, 4) is 45.5 Å². The topological polar surface area (TPSA) is 44.9 Å². The Morgan fingerprint density at radius 1 is 0.526 bits per heavy atom. The van der Waals surface area contributed by atoms with Crippen molar-refractivity contribution in [2.24, 2.45) is 0 Å². The molecule has 0 atom stereocenters. The van der Waals surface area contributed by atoms with Gasteiger partial charge in [-0.2, -0.15) is 0 Å². The maximum Gasteiger partial charge on any atom is 0.144 e. The fourth-order valence-electron chi connectivity index (χ4n) is 8.14. The summed E-state index contributed by atoms with van der Waals surface area (Å²) in [6.45, 7) is 24.8. The summed E-state index contributed by atoms with van der Waals surface area (Å²) >= 11 is 0. The molecular weight excluding hydrogens is 697 g/mol. The van der Waals surface area contributed by atoms with Crippen LogP contribution in [-0.4, -0.2) is 19.1 Å². The molecule has 0 bridgehead atoms. The molecule has 0 saturated carbocycles. The van der Waals surface area contributed by atoms with E-state index in [1.807, 2.05) is 24.5 Å². The second kappa shape index (κ2) is 13.9. The number of aryl methyl sites for hydroxylation is 2. The summed E-state index contributed by atoms with van der Waals surface area (Å²) in [5, 5.41) is 2.35. The average Bonchev–Trinajstić information content (AvgIpc) is 3.76. The molecule has 288 valence electrons. The van der Waals surface area contributed by atoms with Crippen LogP contribution in [0.5, 0.6) is 11.5 Å². The Morgan fingerprint density at radius 3 is 1.89 bits per heavy atom. The lowest BCUT2D eigenvalue weighted by Crippen LogP contribution is -2.13. The average molecular weight is 751 g/mol. The highest BCUT2D eigenvalue weighted by molar-refractivity contribution is 6.10. The zero-order valence-corrected chi connectivity index (χ0v) is 35.3. The van der Waals surface area contributed by atoms with Crippen molar-refractivity contribution in [3.63, 3.8) is 0 Å². The third-order valence-corrected chi connectivity index (χ3v) is 11.2. The highest BCUT2D eigenvalue weighted by atomic mass is 16.5. The highest BCUT2D eigenvalue weighted by Crippen LogP contribution is 2.41. The molecule has 5 aromatic carbocycles. The first kappa shape index (κ1) is 38.0. The first-order valence-electron chi connectivity index (χ1n) is 20.1. The number of aromatic nitrogens is 4. The molecule has 57 heavy (non-hydrogen) atoms. The van der Waals surface area contributed by atoms with Crippen LogP contribution in [0, 0.1) is 13.8 Å². The second-order valence-corrected chi connectivity index (χ2v) is 18.7. The highest BCUT2D eigenvalue weighted by Gasteiger charge is 2.24. The molecular formula is C52H54N4O. The summed E-state index contributed by atoms with van der Waals surface area (Å²) in [6.07, 6.45) is 5.86. The van der Waals surface area contributed by atoms with Crippen molar-refractivity contribution in [2.75, 3.05) is 0 Å². The number of benzene rings is 5. The maximum absolute atomic E-state index is 6.72. The molecule has 5 heteroatoms. The van der Waals surface area contributed by atoms with E-state index in [2.05, 4.69) is 189 Å². The van der Waals surface area contributed by atoms with Crippen LogP contribution in [0.1, 0.15) is 90.1 Å². The van der Waals surface area contributed by atoms with Gasteiger partial charge in [0.2, 0.25) is 0 Å². The largest absolute Gasteiger partial charge is 0.457 e. The minimum atomic E-state index is -0.0940. The van der Waals surface area contributed by atoms with Crippen molar-refractivity contribution in [1.29, 1.82) is 0 Å². The molecule has 0 radical (unpaired) electrons. The Balaban J connectivity index is 1.21. The van der Waals surface area contributed by atoms with Gasteiger partial charge in [0.15, 0.2) is 0 Å². The summed E-state index contributed by atoms with van der Waals surface area (Å²) < 4.78 is 11.2. The number of rotatable bonds is 6. The predicted molar refractivity (Wildman–Crippen MR) is 239 cm³/mol. The molecule has 0 aliphatic carbocycles. The summed E-state index contributed by atoms with van der Waals surface area (Å²) in [4.78, 5) is 9.86. The van der Waals surface area contributed by atoms with Gasteiger partial charge in [-0.05, 0) is 105 Å². The van der Waals surface area contributed by atoms with Gasteiger partial charge in [-0.25, -0.2) is 9.97 Å². The Bertz CT molecular complexity index is 2760. The third-order valence-electron chi connectivity index (χ3n) is 11.2. The molecule has 0 fully saturated rings. The lowest BCUT2D eigenvalue weighted by atomic mass is 9.84. The third kappa shape index (κ3) is 7.16. The molecule has 0 spiro atoms. The maximum atomic E-state index is 6.72. The van der Waals surface area contributed by atoms with Gasteiger partial charge in [-0.15, -0.1) is 0 Å². The molecule has 3 aromatic heterocycles. The van der Waals surface area contributed by atoms with Crippen molar-refractivity contribution < 1.29 is 4.74 Å². The van der Waals surface area contributed by atoms with Crippen molar-refractivity contribution >= 4 is 21.8 Å². The van der Waals surface area contributed by atoms with E-state index in [9.17, 15) is 0 Å². The number of para-hydroxylation sites is 1. The van der Waals surface area contributed by atoms with Gasteiger partial charge in [0.05, 0.1) is 16.7 Å². The van der Waals surface area contributed by atoms with Crippen molar-refractivity contribution in [3.05, 3.63) is 156 Å². The summed E-state index contributed by atoms with van der Waals surface area (Å²) in [5.41, 5.74) is 13.1. The van der Waals surface area contributed by atoms with E-state index in [0.29, 0.717) is 0 Å². The van der Waals surface area contributed by atoms with E-state index >= 15 is 0 Å². The van der Waals surface area contributed by atoms with E-state index in [0.717, 1.165) is 50.9 Å². The number of imidazole rings is 1. The van der Waals surface area contributed by atoms with Gasteiger partial charge in [0.1, 0.15) is 23.1 Å². The van der Waals surface area contributed by atoms with Crippen LogP contribution in [0.2, 0.25) is 0 Å². The van der Waals surface area contributed by atoms with Gasteiger partial charge >= 0.3 is 0 Å². The van der Waals surface area contributed by atoms with Crippen LogP contribution < -0.4 is 4.74 Å². The van der Waals surface area contributed by atoms with E-state index in [1.54, 1.807) is 0 Å². The Morgan fingerprint density at radius 2 is 1.21 bits per heavy atom. The van der Waals surface area contributed by atoms with Gasteiger partial charge in [0.25, 0.3) is 0 Å². The van der Waals surface area contributed by atoms with Crippen LogP contribution in [0.3, 0.4) is 0 Å². The molecule has 8 aromatic rings. The summed E-state index contributed by atoms with van der Waals surface area (Å²) in [6, 6.07) is 39.2. The van der Waals surface area contributed by atoms with Gasteiger partial charge in [-0.3, -0.25) is 9.13 Å². The second-order valence-electron chi connectivity index (χ2n) is 18.7. The van der Waals surface area contributed by atoms with E-state index in [-0.39, 0.29) is 16.2 Å². The molecule has 0 N–H and O–H groups in total. The van der Waals surface area contributed by atoms with Crippen LogP contribution in [0.15, 0.2) is 128 Å². The lowest BCUT2D eigenvalue weighted by Gasteiger charge is -2.23. The number of ether oxygens (including phenoxy) is 1. The van der Waals surface area contributed by atoms with Gasteiger partial charge in [-0.1, -0.05) is 129 Å². The normalized spacial score (nSPS) is 12.5. The number of hydrogen-bond acceptors (Lipinski definition) is 3. The Labute approximate surface area is 338 Å². The molecule has 0 aliphatic rings. The van der Waals surface area contributed by atoms with Crippen LogP contribution in [0.25, 0.3) is 55.8 Å². The zero-order valence-electron chi connectivity index (χ0n) is 35.3.